The Balaban J connectivity index is 3.87. The van der Waals surface area contributed by atoms with E-state index >= 15 is 0 Å². The Morgan fingerprint density at radius 1 is 1.20 bits per heavy atom. The molecule has 0 aromatic rings. The maximum atomic E-state index is 8.73. The van der Waals surface area contributed by atoms with Crippen molar-refractivity contribution in [3.8, 4) is 0 Å². The molecule has 0 bridgehead atoms. The summed E-state index contributed by atoms with van der Waals surface area (Å²) in [5.41, 5.74) is 3.30. The lowest BCUT2D eigenvalue weighted by Gasteiger charge is -2.26. The predicted molar refractivity (Wildman–Crippen MR) is 42.1 cm³/mol. The van der Waals surface area contributed by atoms with Gasteiger partial charge in [0.25, 0.3) is 0 Å². The van der Waals surface area contributed by atoms with Gasteiger partial charge in [-0.1, -0.05) is 32.7 Å². The fourth-order valence-electron chi connectivity index (χ4n) is 1.26. The SMILES string of the molecule is CCCC(CC)(CC)[N]O. The summed E-state index contributed by atoms with van der Waals surface area (Å²) in [6.07, 6.45) is 3.96. The van der Waals surface area contributed by atoms with Crippen LogP contribution in [0.15, 0.2) is 0 Å². The van der Waals surface area contributed by atoms with Crippen LogP contribution in [0.25, 0.3) is 0 Å². The lowest BCUT2D eigenvalue weighted by Crippen LogP contribution is -2.36. The molecule has 0 aliphatic carbocycles. The van der Waals surface area contributed by atoms with Gasteiger partial charge in [-0.3, -0.25) is 5.21 Å². The van der Waals surface area contributed by atoms with Gasteiger partial charge in [0.2, 0.25) is 0 Å². The molecular weight excluding hydrogens is 126 g/mol. The Morgan fingerprint density at radius 3 is 1.80 bits per heavy atom. The minimum absolute atomic E-state index is 0.144. The van der Waals surface area contributed by atoms with Crippen molar-refractivity contribution in [1.29, 1.82) is 0 Å². The van der Waals surface area contributed by atoms with Crippen molar-refractivity contribution in [2.24, 2.45) is 0 Å². The largest absolute Gasteiger partial charge is 0.296 e. The molecule has 10 heavy (non-hydrogen) atoms. The van der Waals surface area contributed by atoms with Gasteiger partial charge in [0.15, 0.2) is 0 Å². The van der Waals surface area contributed by atoms with Gasteiger partial charge in [0.1, 0.15) is 0 Å². The van der Waals surface area contributed by atoms with Gasteiger partial charge in [-0.25, -0.2) is 0 Å². The molecule has 61 valence electrons. The Bertz CT molecular complexity index is 71.1. The normalized spacial score (nSPS) is 12.0. The van der Waals surface area contributed by atoms with Crippen molar-refractivity contribution in [2.75, 3.05) is 0 Å². The average molecular weight is 144 g/mol. The molecule has 0 rings (SSSR count). The van der Waals surface area contributed by atoms with Gasteiger partial charge < -0.3 is 0 Å². The van der Waals surface area contributed by atoms with E-state index in [-0.39, 0.29) is 5.54 Å². The molecule has 0 heterocycles. The summed E-state index contributed by atoms with van der Waals surface area (Å²) < 4.78 is 0. The van der Waals surface area contributed by atoms with Crippen LogP contribution < -0.4 is 5.48 Å². The average Bonchev–Trinajstić information content (AvgIpc) is 2.01. The van der Waals surface area contributed by atoms with Gasteiger partial charge in [0.05, 0.1) is 5.54 Å². The molecule has 2 heteroatoms. The fraction of sp³-hybridized carbons (Fsp3) is 1.00. The molecule has 0 aromatic heterocycles. The van der Waals surface area contributed by atoms with Crippen molar-refractivity contribution in [2.45, 2.75) is 52.0 Å². The molecule has 0 aliphatic rings. The predicted octanol–water partition coefficient (Wildman–Crippen LogP) is 2.34. The second kappa shape index (κ2) is 4.69. The zero-order valence-electron chi connectivity index (χ0n) is 7.22. The van der Waals surface area contributed by atoms with Gasteiger partial charge in [-0.05, 0) is 19.3 Å². The number of rotatable bonds is 5. The molecule has 0 amide bonds. The minimum Gasteiger partial charge on any atom is -0.296 e. The lowest BCUT2D eigenvalue weighted by molar-refractivity contribution is 0.0391. The van der Waals surface area contributed by atoms with Crippen LogP contribution in [0.3, 0.4) is 0 Å². The van der Waals surface area contributed by atoms with Crippen LogP contribution in [0, 0.1) is 0 Å². The van der Waals surface area contributed by atoms with E-state index in [0.717, 1.165) is 25.7 Å². The highest BCUT2D eigenvalue weighted by atomic mass is 16.5. The third-order valence-corrected chi connectivity index (χ3v) is 2.24. The fourth-order valence-corrected chi connectivity index (χ4v) is 1.26. The van der Waals surface area contributed by atoms with E-state index in [4.69, 9.17) is 5.21 Å². The first kappa shape index (κ1) is 9.92. The van der Waals surface area contributed by atoms with Crippen molar-refractivity contribution in [1.82, 2.24) is 5.48 Å². The smallest absolute Gasteiger partial charge is 0.0640 e. The highest BCUT2D eigenvalue weighted by Crippen LogP contribution is 2.21. The molecule has 0 saturated heterocycles. The summed E-state index contributed by atoms with van der Waals surface area (Å²) in [6, 6.07) is 0. The van der Waals surface area contributed by atoms with E-state index < -0.39 is 0 Å². The van der Waals surface area contributed by atoms with Gasteiger partial charge >= 0.3 is 0 Å². The highest BCUT2D eigenvalue weighted by Gasteiger charge is 2.25. The minimum atomic E-state index is -0.144. The standard InChI is InChI=1S/C8H18NO/c1-4-7-8(5-2,6-3)9-10/h10H,4-7H2,1-3H3. The zero-order valence-corrected chi connectivity index (χ0v) is 7.22. The first-order valence-corrected chi connectivity index (χ1v) is 4.11. The van der Waals surface area contributed by atoms with Crippen molar-refractivity contribution < 1.29 is 5.21 Å². The third-order valence-electron chi connectivity index (χ3n) is 2.24. The van der Waals surface area contributed by atoms with Crippen LogP contribution in [-0.2, 0) is 0 Å². The first-order chi connectivity index (χ1) is 4.74. The van der Waals surface area contributed by atoms with Crippen molar-refractivity contribution >= 4 is 0 Å². The maximum Gasteiger partial charge on any atom is 0.0640 e. The molecule has 0 unspecified atom stereocenters. The van der Waals surface area contributed by atoms with Crippen LogP contribution in [0.2, 0.25) is 0 Å². The summed E-state index contributed by atoms with van der Waals surface area (Å²) in [6.45, 7) is 6.25. The molecule has 0 atom stereocenters. The van der Waals surface area contributed by atoms with Crippen LogP contribution >= 0.6 is 0 Å². The van der Waals surface area contributed by atoms with E-state index in [0.29, 0.717) is 0 Å². The molecule has 1 radical (unpaired) electrons. The Hall–Kier alpha value is -0.0800. The number of nitrogens with zero attached hydrogens (tertiary/aromatic N) is 1. The maximum absolute atomic E-state index is 8.73. The Labute approximate surface area is 63.6 Å². The summed E-state index contributed by atoms with van der Waals surface area (Å²) >= 11 is 0. The molecule has 2 nitrogen and oxygen atoms in total. The topological polar surface area (TPSA) is 34.3 Å². The van der Waals surface area contributed by atoms with Crippen LogP contribution in [0.4, 0.5) is 0 Å². The van der Waals surface area contributed by atoms with Gasteiger partial charge in [-0.15, -0.1) is 0 Å². The van der Waals surface area contributed by atoms with Crippen molar-refractivity contribution in [3.63, 3.8) is 0 Å². The first-order valence-electron chi connectivity index (χ1n) is 4.11. The highest BCUT2D eigenvalue weighted by molar-refractivity contribution is 4.80. The second-order valence-corrected chi connectivity index (χ2v) is 2.78. The molecule has 1 N–H and O–H groups in total. The monoisotopic (exact) mass is 144 g/mol. The van der Waals surface area contributed by atoms with E-state index in [2.05, 4.69) is 26.3 Å². The van der Waals surface area contributed by atoms with Gasteiger partial charge in [0, 0.05) is 0 Å². The third kappa shape index (κ3) is 2.27. The van der Waals surface area contributed by atoms with Crippen LogP contribution in [0.5, 0.6) is 0 Å². The van der Waals surface area contributed by atoms with E-state index in [1.165, 1.54) is 0 Å². The summed E-state index contributed by atoms with van der Waals surface area (Å²) in [7, 11) is 0. The number of hydrogen-bond donors (Lipinski definition) is 1. The van der Waals surface area contributed by atoms with Crippen LogP contribution in [0.1, 0.15) is 46.5 Å². The Morgan fingerprint density at radius 2 is 1.70 bits per heavy atom. The van der Waals surface area contributed by atoms with E-state index in [9.17, 15) is 0 Å². The molecule has 0 aliphatic heterocycles. The summed E-state index contributed by atoms with van der Waals surface area (Å²) in [4.78, 5) is 0. The van der Waals surface area contributed by atoms with Crippen molar-refractivity contribution in [3.05, 3.63) is 0 Å². The molecule has 0 fully saturated rings. The van der Waals surface area contributed by atoms with E-state index in [1.807, 2.05) is 0 Å². The Kier molecular flexibility index (Phi) is 4.65. The van der Waals surface area contributed by atoms with Crippen LogP contribution in [-0.4, -0.2) is 10.7 Å². The molecule has 0 saturated carbocycles. The van der Waals surface area contributed by atoms with Gasteiger partial charge in [-0.2, -0.15) is 0 Å². The summed E-state index contributed by atoms with van der Waals surface area (Å²) in [5, 5.41) is 8.73. The molecular formula is C8H18NO. The zero-order chi connectivity index (χ0) is 8.04. The number of hydroxylamine groups is 1. The summed E-state index contributed by atoms with van der Waals surface area (Å²) in [5.74, 6) is 0. The molecule has 0 aromatic carbocycles. The number of hydrogen-bond acceptors (Lipinski definition) is 1. The molecule has 0 spiro atoms. The second-order valence-electron chi connectivity index (χ2n) is 2.78. The lowest BCUT2D eigenvalue weighted by atomic mass is 9.89. The quantitative estimate of drug-likeness (QED) is 0.590. The van der Waals surface area contributed by atoms with E-state index in [1.54, 1.807) is 0 Å².